The summed E-state index contributed by atoms with van der Waals surface area (Å²) in [6.45, 7) is 8.40. The first kappa shape index (κ1) is 26.1. The van der Waals surface area contributed by atoms with Crippen molar-refractivity contribution in [2.24, 2.45) is 0 Å². The van der Waals surface area contributed by atoms with E-state index in [1.807, 2.05) is 85.5 Å². The average molecular weight is 501 g/mol. The molecule has 194 valence electrons. The number of ether oxygens (including phenoxy) is 1. The second-order valence-electron chi connectivity index (χ2n) is 9.07. The quantitative estimate of drug-likeness (QED) is 0.462. The number of methoxy groups -OCH3 is 1. The molecule has 2 amide bonds. The first-order chi connectivity index (χ1) is 18.0. The van der Waals surface area contributed by atoms with E-state index in [0.717, 1.165) is 48.9 Å². The summed E-state index contributed by atoms with van der Waals surface area (Å²) in [5, 5.41) is 2.98. The summed E-state index contributed by atoms with van der Waals surface area (Å²) < 4.78 is 5.55. The molecule has 7 nitrogen and oxygen atoms in total. The smallest absolute Gasteiger partial charge is 0.256 e. The van der Waals surface area contributed by atoms with Gasteiger partial charge in [-0.05, 0) is 49.7 Å². The summed E-state index contributed by atoms with van der Waals surface area (Å²) in [7, 11) is 1.69. The number of carbonyl (C=O) groups is 2. The van der Waals surface area contributed by atoms with Gasteiger partial charge in [0.1, 0.15) is 5.75 Å². The Kier molecular flexibility index (Phi) is 8.67. The van der Waals surface area contributed by atoms with E-state index in [9.17, 15) is 9.59 Å². The van der Waals surface area contributed by atoms with Gasteiger partial charge in [0.25, 0.3) is 5.91 Å². The first-order valence-electron chi connectivity index (χ1n) is 12.9. The third kappa shape index (κ3) is 6.23. The Balaban J connectivity index is 1.54. The fraction of sp³-hybridized carbons (Fsp3) is 0.333. The predicted molar refractivity (Wildman–Crippen MR) is 150 cm³/mol. The monoisotopic (exact) mass is 500 g/mol. The highest BCUT2D eigenvalue weighted by Crippen LogP contribution is 2.31. The molecule has 0 bridgehead atoms. The standard InChI is InChI=1S/C30H36N4O3/c1-4-32(5-2)30(36)25-22-24(31-29(35)21-23-11-7-6-8-12-23)15-16-26(25)33-17-19-34(20-18-33)27-13-9-10-14-28(27)37-3/h6-16,22H,4-5,17-21H2,1-3H3,(H,31,35). The number of amides is 2. The molecule has 0 saturated carbocycles. The van der Waals surface area contributed by atoms with Crippen LogP contribution in [0.4, 0.5) is 17.1 Å². The van der Waals surface area contributed by atoms with E-state index in [-0.39, 0.29) is 18.2 Å². The van der Waals surface area contributed by atoms with Crippen LogP contribution in [0.2, 0.25) is 0 Å². The topological polar surface area (TPSA) is 65.1 Å². The lowest BCUT2D eigenvalue weighted by Crippen LogP contribution is -2.47. The maximum absolute atomic E-state index is 13.5. The maximum atomic E-state index is 13.5. The van der Waals surface area contributed by atoms with Gasteiger partial charge in [-0.25, -0.2) is 0 Å². The fourth-order valence-corrected chi connectivity index (χ4v) is 4.81. The SMILES string of the molecule is CCN(CC)C(=O)c1cc(NC(=O)Cc2ccccc2)ccc1N1CCN(c2ccccc2OC)CC1. The second kappa shape index (κ2) is 12.3. The summed E-state index contributed by atoms with van der Waals surface area (Å²) in [6, 6.07) is 23.4. The van der Waals surface area contributed by atoms with E-state index in [0.29, 0.717) is 24.3 Å². The molecule has 4 rings (SSSR count). The maximum Gasteiger partial charge on any atom is 0.256 e. The molecule has 1 aliphatic heterocycles. The normalized spacial score (nSPS) is 13.3. The van der Waals surface area contributed by atoms with E-state index in [1.165, 1.54) is 0 Å². The Labute approximate surface area is 219 Å². The zero-order chi connectivity index (χ0) is 26.2. The van der Waals surface area contributed by atoms with Crippen molar-refractivity contribution in [1.29, 1.82) is 0 Å². The Hall–Kier alpha value is -4.00. The van der Waals surface area contributed by atoms with Crippen molar-refractivity contribution >= 4 is 28.9 Å². The molecule has 1 saturated heterocycles. The molecular weight excluding hydrogens is 464 g/mol. The molecule has 0 radical (unpaired) electrons. The van der Waals surface area contributed by atoms with Crippen LogP contribution < -0.4 is 19.9 Å². The first-order valence-corrected chi connectivity index (χ1v) is 12.9. The highest BCUT2D eigenvalue weighted by molar-refractivity contribution is 6.02. The second-order valence-corrected chi connectivity index (χ2v) is 9.07. The van der Waals surface area contributed by atoms with Crippen LogP contribution in [0.5, 0.6) is 5.75 Å². The van der Waals surface area contributed by atoms with Gasteiger partial charge in [0.2, 0.25) is 5.91 Å². The molecule has 7 heteroatoms. The van der Waals surface area contributed by atoms with E-state index >= 15 is 0 Å². The Morgan fingerprint density at radius 2 is 1.46 bits per heavy atom. The highest BCUT2D eigenvalue weighted by Gasteiger charge is 2.25. The van der Waals surface area contributed by atoms with Crippen LogP contribution in [-0.2, 0) is 11.2 Å². The molecule has 1 heterocycles. The lowest BCUT2D eigenvalue weighted by molar-refractivity contribution is -0.115. The number of carbonyl (C=O) groups excluding carboxylic acids is 2. The number of benzene rings is 3. The van der Waals surface area contributed by atoms with E-state index in [2.05, 4.69) is 21.2 Å². The Morgan fingerprint density at radius 1 is 0.838 bits per heavy atom. The van der Waals surface area contributed by atoms with Gasteiger partial charge in [0, 0.05) is 50.6 Å². The number of hydrogen-bond acceptors (Lipinski definition) is 5. The number of para-hydroxylation sites is 2. The minimum Gasteiger partial charge on any atom is -0.495 e. The average Bonchev–Trinajstić information content (AvgIpc) is 2.94. The van der Waals surface area contributed by atoms with Crippen LogP contribution in [0.3, 0.4) is 0 Å². The molecule has 3 aromatic carbocycles. The lowest BCUT2D eigenvalue weighted by Gasteiger charge is -2.38. The fourth-order valence-electron chi connectivity index (χ4n) is 4.81. The summed E-state index contributed by atoms with van der Waals surface area (Å²) in [6.07, 6.45) is 0.285. The zero-order valence-corrected chi connectivity index (χ0v) is 21.9. The van der Waals surface area contributed by atoms with Crippen molar-refractivity contribution in [3.63, 3.8) is 0 Å². The molecule has 0 unspecified atom stereocenters. The minimum atomic E-state index is -0.106. The van der Waals surface area contributed by atoms with Crippen LogP contribution in [0.15, 0.2) is 72.8 Å². The summed E-state index contributed by atoms with van der Waals surface area (Å²) in [5.74, 6) is 0.737. The summed E-state index contributed by atoms with van der Waals surface area (Å²) >= 11 is 0. The van der Waals surface area contributed by atoms with Gasteiger partial charge >= 0.3 is 0 Å². The van der Waals surface area contributed by atoms with Crippen molar-refractivity contribution in [3.05, 3.63) is 83.9 Å². The van der Waals surface area contributed by atoms with Crippen LogP contribution in [-0.4, -0.2) is 63.1 Å². The summed E-state index contributed by atoms with van der Waals surface area (Å²) in [4.78, 5) is 32.6. The lowest BCUT2D eigenvalue weighted by atomic mass is 10.1. The van der Waals surface area contributed by atoms with Crippen molar-refractivity contribution in [2.75, 3.05) is 61.5 Å². The third-order valence-corrected chi connectivity index (χ3v) is 6.82. The van der Waals surface area contributed by atoms with E-state index < -0.39 is 0 Å². The van der Waals surface area contributed by atoms with Gasteiger partial charge in [-0.3, -0.25) is 9.59 Å². The molecule has 1 aliphatic rings. The number of nitrogens with one attached hydrogen (secondary N) is 1. The Bertz CT molecular complexity index is 1200. The zero-order valence-electron chi connectivity index (χ0n) is 21.9. The van der Waals surface area contributed by atoms with Crippen LogP contribution in [0, 0.1) is 0 Å². The minimum absolute atomic E-state index is 0.0219. The molecule has 0 aliphatic carbocycles. The number of nitrogens with zero attached hydrogens (tertiary/aromatic N) is 3. The van der Waals surface area contributed by atoms with Crippen LogP contribution in [0.25, 0.3) is 0 Å². The van der Waals surface area contributed by atoms with Crippen LogP contribution >= 0.6 is 0 Å². The molecule has 1 fully saturated rings. The summed E-state index contributed by atoms with van der Waals surface area (Å²) in [5.41, 5.74) is 4.18. The number of anilines is 3. The van der Waals surface area contributed by atoms with Gasteiger partial charge in [-0.1, -0.05) is 42.5 Å². The Morgan fingerprint density at radius 3 is 2.11 bits per heavy atom. The molecule has 0 aromatic heterocycles. The third-order valence-electron chi connectivity index (χ3n) is 6.82. The molecule has 37 heavy (non-hydrogen) atoms. The number of hydrogen-bond donors (Lipinski definition) is 1. The van der Waals surface area contributed by atoms with Gasteiger partial charge in [-0.15, -0.1) is 0 Å². The van der Waals surface area contributed by atoms with Crippen molar-refractivity contribution < 1.29 is 14.3 Å². The number of rotatable bonds is 9. The van der Waals surface area contributed by atoms with Crippen molar-refractivity contribution in [1.82, 2.24) is 4.90 Å². The van der Waals surface area contributed by atoms with Crippen molar-refractivity contribution in [2.45, 2.75) is 20.3 Å². The highest BCUT2D eigenvalue weighted by atomic mass is 16.5. The molecular formula is C30H36N4O3. The molecule has 1 N–H and O–H groups in total. The molecule has 3 aromatic rings. The van der Waals surface area contributed by atoms with E-state index in [1.54, 1.807) is 7.11 Å². The van der Waals surface area contributed by atoms with Gasteiger partial charge in [0.05, 0.1) is 24.8 Å². The van der Waals surface area contributed by atoms with E-state index in [4.69, 9.17) is 4.74 Å². The largest absolute Gasteiger partial charge is 0.495 e. The number of piperazine rings is 1. The van der Waals surface area contributed by atoms with Crippen LogP contribution in [0.1, 0.15) is 29.8 Å². The van der Waals surface area contributed by atoms with Gasteiger partial charge in [-0.2, -0.15) is 0 Å². The predicted octanol–water partition coefficient (Wildman–Crippen LogP) is 4.69. The van der Waals surface area contributed by atoms with Gasteiger partial charge in [0.15, 0.2) is 0 Å². The van der Waals surface area contributed by atoms with Gasteiger partial charge < -0.3 is 24.8 Å². The molecule has 0 spiro atoms. The van der Waals surface area contributed by atoms with Crippen molar-refractivity contribution in [3.8, 4) is 5.75 Å². The molecule has 0 atom stereocenters.